The fraction of sp³-hybridized carbons (Fsp3) is 0.750. The van der Waals surface area contributed by atoms with E-state index in [1.54, 1.807) is 0 Å². The quantitative estimate of drug-likeness (QED) is 0.584. The van der Waals surface area contributed by atoms with Gasteiger partial charge in [0.25, 0.3) is 0 Å². The van der Waals surface area contributed by atoms with Crippen molar-refractivity contribution in [2.24, 2.45) is 11.8 Å². The van der Waals surface area contributed by atoms with Gasteiger partial charge in [-0.15, -0.1) is 0 Å². The second-order valence-corrected chi connectivity index (χ2v) is 5.11. The minimum absolute atomic E-state index is 0.744. The van der Waals surface area contributed by atoms with Crippen LogP contribution >= 0.6 is 0 Å². The highest BCUT2D eigenvalue weighted by molar-refractivity contribution is 4.76. The van der Waals surface area contributed by atoms with Crippen molar-refractivity contribution in [3.8, 4) is 0 Å². The van der Waals surface area contributed by atoms with Gasteiger partial charge < -0.3 is 9.47 Å². The normalized spacial score (nSPS) is 24.8. The molecule has 0 bridgehead atoms. The molecule has 0 aromatic carbocycles. The van der Waals surface area contributed by atoms with E-state index >= 15 is 0 Å². The summed E-state index contributed by atoms with van der Waals surface area (Å²) in [5.74, 6) is 1.49. The lowest BCUT2D eigenvalue weighted by Crippen LogP contribution is -2.20. The van der Waals surface area contributed by atoms with E-state index in [1.165, 1.54) is 25.7 Å². The molecule has 0 N–H and O–H groups in total. The summed E-state index contributed by atoms with van der Waals surface area (Å²) in [5.41, 5.74) is 0. The topological polar surface area (TPSA) is 18.5 Å². The molecule has 0 aromatic rings. The van der Waals surface area contributed by atoms with Crippen LogP contribution in [-0.2, 0) is 9.47 Å². The van der Waals surface area contributed by atoms with E-state index in [9.17, 15) is 0 Å². The van der Waals surface area contributed by atoms with Gasteiger partial charge in [0.2, 0.25) is 0 Å². The summed E-state index contributed by atoms with van der Waals surface area (Å²) in [5, 5.41) is 0. The molecule has 1 rings (SSSR count). The summed E-state index contributed by atoms with van der Waals surface area (Å²) >= 11 is 0. The van der Waals surface area contributed by atoms with Crippen LogP contribution in [0.1, 0.15) is 52.4 Å². The Kier molecular flexibility index (Phi) is 8.45. The highest BCUT2D eigenvalue weighted by Gasteiger charge is 2.21. The maximum Gasteiger partial charge on any atom is 0.0901 e. The SMILES string of the molecule is CC/C=C/OCC1CCC(CO/C=C/CC)CC1. The fourth-order valence-electron chi connectivity index (χ4n) is 2.28. The molecule has 1 aliphatic carbocycles. The highest BCUT2D eigenvalue weighted by atomic mass is 16.5. The van der Waals surface area contributed by atoms with Crippen LogP contribution in [0.25, 0.3) is 0 Å². The van der Waals surface area contributed by atoms with Gasteiger partial charge in [0, 0.05) is 0 Å². The summed E-state index contributed by atoms with van der Waals surface area (Å²) in [6.45, 7) is 6.02. The zero-order valence-corrected chi connectivity index (χ0v) is 11.9. The summed E-state index contributed by atoms with van der Waals surface area (Å²) in [4.78, 5) is 0. The summed E-state index contributed by atoms with van der Waals surface area (Å²) in [7, 11) is 0. The minimum atomic E-state index is 0.744. The summed E-state index contributed by atoms with van der Waals surface area (Å²) < 4.78 is 11.1. The molecule has 104 valence electrons. The molecule has 0 amide bonds. The number of ether oxygens (including phenoxy) is 2. The van der Waals surface area contributed by atoms with Gasteiger partial charge in [0.05, 0.1) is 25.7 Å². The van der Waals surface area contributed by atoms with E-state index < -0.39 is 0 Å². The number of allylic oxidation sites excluding steroid dienone is 2. The molecular weight excluding hydrogens is 224 g/mol. The van der Waals surface area contributed by atoms with Crippen LogP contribution in [0.3, 0.4) is 0 Å². The molecule has 0 heterocycles. The maximum absolute atomic E-state index is 5.54. The van der Waals surface area contributed by atoms with Crippen molar-refractivity contribution in [3.05, 3.63) is 24.7 Å². The Hall–Kier alpha value is -0.920. The van der Waals surface area contributed by atoms with Crippen molar-refractivity contribution < 1.29 is 9.47 Å². The Bertz CT molecular complexity index is 211. The second-order valence-electron chi connectivity index (χ2n) is 5.11. The predicted molar refractivity (Wildman–Crippen MR) is 76.2 cm³/mol. The van der Waals surface area contributed by atoms with Gasteiger partial charge in [-0.05, 0) is 50.4 Å². The molecule has 0 aliphatic heterocycles. The van der Waals surface area contributed by atoms with Gasteiger partial charge in [-0.3, -0.25) is 0 Å². The molecule has 2 nitrogen and oxygen atoms in total. The van der Waals surface area contributed by atoms with Crippen molar-refractivity contribution in [1.29, 1.82) is 0 Å². The minimum Gasteiger partial charge on any atom is -0.501 e. The molecule has 18 heavy (non-hydrogen) atoms. The largest absolute Gasteiger partial charge is 0.501 e. The van der Waals surface area contributed by atoms with Crippen molar-refractivity contribution in [2.75, 3.05) is 13.2 Å². The van der Waals surface area contributed by atoms with Crippen LogP contribution in [0.5, 0.6) is 0 Å². The summed E-state index contributed by atoms with van der Waals surface area (Å²) in [6.07, 6.45) is 15.1. The Morgan fingerprint density at radius 3 is 1.50 bits per heavy atom. The molecular formula is C16H28O2. The molecule has 0 spiro atoms. The first-order valence-electron chi connectivity index (χ1n) is 7.40. The fourth-order valence-corrected chi connectivity index (χ4v) is 2.28. The molecule has 1 aliphatic rings. The van der Waals surface area contributed by atoms with Crippen LogP contribution in [0.2, 0.25) is 0 Å². The average Bonchev–Trinajstić information content (AvgIpc) is 2.41. The smallest absolute Gasteiger partial charge is 0.0901 e. The van der Waals surface area contributed by atoms with Gasteiger partial charge >= 0.3 is 0 Å². The van der Waals surface area contributed by atoms with Crippen LogP contribution < -0.4 is 0 Å². The molecule has 1 fully saturated rings. The Balaban J connectivity index is 2.05. The number of hydrogen-bond donors (Lipinski definition) is 0. The Labute approximate surface area is 112 Å². The van der Waals surface area contributed by atoms with E-state index in [0.29, 0.717) is 0 Å². The Morgan fingerprint density at radius 2 is 1.17 bits per heavy atom. The van der Waals surface area contributed by atoms with Crippen LogP contribution in [0.4, 0.5) is 0 Å². The zero-order valence-electron chi connectivity index (χ0n) is 11.9. The molecule has 0 unspecified atom stereocenters. The van der Waals surface area contributed by atoms with Crippen molar-refractivity contribution >= 4 is 0 Å². The standard InChI is InChI=1S/C16H28O2/c1-3-5-11-17-13-15-7-9-16(10-8-15)14-18-12-6-4-2/h5-6,11-12,15-16H,3-4,7-10,13-14H2,1-2H3/b11-5+,12-6+. The van der Waals surface area contributed by atoms with Crippen LogP contribution in [0.15, 0.2) is 24.7 Å². The monoisotopic (exact) mass is 252 g/mol. The van der Waals surface area contributed by atoms with Gasteiger partial charge in [0.1, 0.15) is 0 Å². The first-order valence-corrected chi connectivity index (χ1v) is 7.40. The van der Waals surface area contributed by atoms with Crippen LogP contribution in [0, 0.1) is 11.8 Å². The third-order valence-electron chi connectivity index (χ3n) is 3.49. The first-order chi connectivity index (χ1) is 8.86. The van der Waals surface area contributed by atoms with E-state index in [1.807, 2.05) is 12.5 Å². The average molecular weight is 252 g/mol. The van der Waals surface area contributed by atoms with Gasteiger partial charge in [-0.1, -0.05) is 26.0 Å². The molecule has 0 aromatic heterocycles. The van der Waals surface area contributed by atoms with Gasteiger partial charge in [-0.2, -0.15) is 0 Å². The predicted octanol–water partition coefficient (Wildman–Crippen LogP) is 4.67. The second kappa shape index (κ2) is 10.0. The van der Waals surface area contributed by atoms with E-state index in [2.05, 4.69) is 26.0 Å². The third kappa shape index (κ3) is 6.73. The molecule has 0 saturated heterocycles. The lowest BCUT2D eigenvalue weighted by molar-refractivity contribution is 0.113. The highest BCUT2D eigenvalue weighted by Crippen LogP contribution is 2.29. The van der Waals surface area contributed by atoms with Gasteiger partial charge in [-0.25, -0.2) is 0 Å². The van der Waals surface area contributed by atoms with E-state index in [4.69, 9.17) is 9.47 Å². The van der Waals surface area contributed by atoms with E-state index in [0.717, 1.165) is 37.9 Å². The van der Waals surface area contributed by atoms with E-state index in [-0.39, 0.29) is 0 Å². The van der Waals surface area contributed by atoms with Crippen molar-refractivity contribution in [3.63, 3.8) is 0 Å². The summed E-state index contributed by atoms with van der Waals surface area (Å²) in [6, 6.07) is 0. The third-order valence-corrected chi connectivity index (χ3v) is 3.49. The molecule has 0 radical (unpaired) electrons. The first kappa shape index (κ1) is 15.1. The lowest BCUT2D eigenvalue weighted by atomic mass is 9.83. The lowest BCUT2D eigenvalue weighted by Gasteiger charge is -2.27. The van der Waals surface area contributed by atoms with Crippen molar-refractivity contribution in [2.45, 2.75) is 52.4 Å². The Morgan fingerprint density at radius 1 is 0.778 bits per heavy atom. The van der Waals surface area contributed by atoms with Gasteiger partial charge in [0.15, 0.2) is 0 Å². The molecule has 2 heteroatoms. The maximum atomic E-state index is 5.54. The zero-order chi connectivity index (χ0) is 13.1. The number of hydrogen-bond acceptors (Lipinski definition) is 2. The molecule has 0 atom stereocenters. The molecule has 1 saturated carbocycles. The van der Waals surface area contributed by atoms with Crippen molar-refractivity contribution in [1.82, 2.24) is 0 Å². The van der Waals surface area contributed by atoms with Crippen LogP contribution in [-0.4, -0.2) is 13.2 Å². The number of rotatable bonds is 8.